The van der Waals surface area contributed by atoms with Gasteiger partial charge in [0, 0.05) is 12.6 Å². The number of nitro benzene ring substituents is 1. The van der Waals surface area contributed by atoms with Gasteiger partial charge in [-0.15, -0.1) is 0 Å². The number of benzene rings is 1. The predicted octanol–water partition coefficient (Wildman–Crippen LogP) is 2.74. The lowest BCUT2D eigenvalue weighted by Crippen LogP contribution is -2.37. The number of sulfonamides is 1. The molecule has 9 nitrogen and oxygen atoms in total. The number of nitro groups is 1. The summed E-state index contributed by atoms with van der Waals surface area (Å²) < 4.78 is 31.6. The summed E-state index contributed by atoms with van der Waals surface area (Å²) in [7, 11) is -2.50. The van der Waals surface area contributed by atoms with Gasteiger partial charge in [0.05, 0.1) is 22.1 Å². The molecule has 0 aliphatic carbocycles. The Labute approximate surface area is 163 Å². The van der Waals surface area contributed by atoms with Crippen LogP contribution in [0.25, 0.3) is 0 Å². The second-order valence-electron chi connectivity index (χ2n) is 6.65. The van der Waals surface area contributed by atoms with Gasteiger partial charge in [-0.1, -0.05) is 6.42 Å². The fraction of sp³-hybridized carbons (Fsp3) is 0.444. The largest absolute Gasteiger partial charge is 0.468 e. The molecule has 2 aromatic rings. The van der Waals surface area contributed by atoms with E-state index in [1.54, 1.807) is 6.26 Å². The molecule has 10 heteroatoms. The Hall–Kier alpha value is -2.43. The highest BCUT2D eigenvalue weighted by Crippen LogP contribution is 2.30. The van der Waals surface area contributed by atoms with Crippen molar-refractivity contribution < 1.29 is 17.8 Å². The van der Waals surface area contributed by atoms with Crippen molar-refractivity contribution in [2.75, 3.05) is 32.0 Å². The zero-order valence-corrected chi connectivity index (χ0v) is 16.4. The van der Waals surface area contributed by atoms with Gasteiger partial charge in [0.15, 0.2) is 0 Å². The summed E-state index contributed by atoms with van der Waals surface area (Å²) in [5.41, 5.74) is -0.0122. The zero-order valence-electron chi connectivity index (χ0n) is 15.6. The van der Waals surface area contributed by atoms with E-state index in [-0.39, 0.29) is 22.3 Å². The molecule has 152 valence electrons. The number of furan rings is 1. The Morgan fingerprint density at radius 2 is 2.00 bits per heavy atom. The van der Waals surface area contributed by atoms with Crippen LogP contribution < -0.4 is 10.0 Å². The molecule has 0 unspecified atom stereocenters. The Balaban J connectivity index is 1.84. The van der Waals surface area contributed by atoms with Crippen molar-refractivity contribution in [3.8, 4) is 0 Å². The van der Waals surface area contributed by atoms with Crippen LogP contribution in [0.4, 0.5) is 11.4 Å². The predicted molar refractivity (Wildman–Crippen MR) is 105 cm³/mol. The van der Waals surface area contributed by atoms with Crippen molar-refractivity contribution in [2.45, 2.75) is 30.2 Å². The lowest BCUT2D eigenvalue weighted by Gasteiger charge is -2.33. The molecule has 1 aromatic carbocycles. The topological polar surface area (TPSA) is 118 Å². The van der Waals surface area contributed by atoms with Gasteiger partial charge in [-0.3, -0.25) is 15.0 Å². The third-order valence-corrected chi connectivity index (χ3v) is 6.35. The van der Waals surface area contributed by atoms with E-state index in [2.05, 4.69) is 14.9 Å². The van der Waals surface area contributed by atoms with Crippen molar-refractivity contribution in [2.24, 2.45) is 0 Å². The first kappa shape index (κ1) is 20.3. The second kappa shape index (κ2) is 8.72. The molecule has 0 amide bonds. The summed E-state index contributed by atoms with van der Waals surface area (Å²) >= 11 is 0. The molecule has 1 aromatic heterocycles. The standard InChI is InChI=1S/C18H24N4O5S/c1-19-28(25,26)14-7-8-15(16(12-14)22(23)24)20-13-17(18-6-5-11-27-18)21-9-3-2-4-10-21/h5-8,11-12,17,19-20H,2-4,9-10,13H2,1H3/t17-/m0/s1. The fourth-order valence-corrected chi connectivity index (χ4v) is 4.17. The third kappa shape index (κ3) is 4.51. The summed E-state index contributed by atoms with van der Waals surface area (Å²) in [6, 6.07) is 7.51. The second-order valence-corrected chi connectivity index (χ2v) is 8.54. The lowest BCUT2D eigenvalue weighted by atomic mass is 10.1. The molecule has 2 heterocycles. The molecule has 1 aliphatic heterocycles. The van der Waals surface area contributed by atoms with Crippen LogP contribution in [0.3, 0.4) is 0 Å². The molecular weight excluding hydrogens is 384 g/mol. The summed E-state index contributed by atoms with van der Waals surface area (Å²) in [4.78, 5) is 13.1. The van der Waals surface area contributed by atoms with E-state index in [1.165, 1.54) is 25.6 Å². The summed E-state index contributed by atoms with van der Waals surface area (Å²) in [6.07, 6.45) is 5.02. The van der Waals surface area contributed by atoms with Crippen LogP contribution in [-0.4, -0.2) is 44.9 Å². The van der Waals surface area contributed by atoms with Crippen LogP contribution in [0.1, 0.15) is 31.1 Å². The highest BCUT2D eigenvalue weighted by Gasteiger charge is 2.26. The van der Waals surface area contributed by atoms with Crippen LogP contribution in [0, 0.1) is 10.1 Å². The van der Waals surface area contributed by atoms with E-state index >= 15 is 0 Å². The molecule has 0 saturated carbocycles. The van der Waals surface area contributed by atoms with Gasteiger partial charge in [-0.25, -0.2) is 13.1 Å². The normalized spacial score (nSPS) is 16.6. The van der Waals surface area contributed by atoms with Gasteiger partial charge in [0.1, 0.15) is 11.4 Å². The van der Waals surface area contributed by atoms with Crippen molar-refractivity contribution in [3.63, 3.8) is 0 Å². The van der Waals surface area contributed by atoms with E-state index in [4.69, 9.17) is 4.42 Å². The van der Waals surface area contributed by atoms with Crippen LogP contribution in [0.15, 0.2) is 45.9 Å². The van der Waals surface area contributed by atoms with Crippen LogP contribution >= 0.6 is 0 Å². The van der Waals surface area contributed by atoms with Gasteiger partial charge in [-0.05, 0) is 57.2 Å². The van der Waals surface area contributed by atoms with E-state index in [0.29, 0.717) is 6.54 Å². The number of nitrogens with zero attached hydrogens (tertiary/aromatic N) is 2. The van der Waals surface area contributed by atoms with Crippen LogP contribution in [-0.2, 0) is 10.0 Å². The van der Waals surface area contributed by atoms with E-state index in [9.17, 15) is 18.5 Å². The average molecular weight is 408 g/mol. The van der Waals surface area contributed by atoms with E-state index in [1.807, 2.05) is 12.1 Å². The maximum absolute atomic E-state index is 11.9. The smallest absolute Gasteiger partial charge is 0.293 e. The van der Waals surface area contributed by atoms with Gasteiger partial charge < -0.3 is 9.73 Å². The monoisotopic (exact) mass is 408 g/mol. The fourth-order valence-electron chi connectivity index (χ4n) is 3.42. The lowest BCUT2D eigenvalue weighted by molar-refractivity contribution is -0.384. The minimum atomic E-state index is -3.76. The number of anilines is 1. The van der Waals surface area contributed by atoms with Gasteiger partial charge >= 0.3 is 0 Å². The van der Waals surface area contributed by atoms with Crippen LogP contribution in [0.5, 0.6) is 0 Å². The van der Waals surface area contributed by atoms with Crippen molar-refractivity contribution in [3.05, 3.63) is 52.5 Å². The van der Waals surface area contributed by atoms with Crippen molar-refractivity contribution in [1.82, 2.24) is 9.62 Å². The van der Waals surface area contributed by atoms with Crippen molar-refractivity contribution in [1.29, 1.82) is 0 Å². The van der Waals surface area contributed by atoms with Gasteiger partial charge in [-0.2, -0.15) is 0 Å². The molecular formula is C18H24N4O5S. The first-order valence-corrected chi connectivity index (χ1v) is 10.6. The molecule has 2 N–H and O–H groups in total. The number of nitrogens with one attached hydrogen (secondary N) is 2. The zero-order chi connectivity index (χ0) is 20.1. The summed E-state index contributed by atoms with van der Waals surface area (Å²) in [5.74, 6) is 0.798. The molecule has 0 spiro atoms. The van der Waals surface area contributed by atoms with Crippen molar-refractivity contribution >= 4 is 21.4 Å². The molecule has 1 saturated heterocycles. The molecule has 0 radical (unpaired) electrons. The molecule has 1 aliphatic rings. The molecule has 3 rings (SSSR count). The highest BCUT2D eigenvalue weighted by molar-refractivity contribution is 7.89. The molecule has 1 atom stereocenters. The number of hydrogen-bond donors (Lipinski definition) is 2. The van der Waals surface area contributed by atoms with Gasteiger partial charge in [0.25, 0.3) is 5.69 Å². The number of likely N-dealkylation sites (tertiary alicyclic amines) is 1. The number of piperidine rings is 1. The summed E-state index contributed by atoms with van der Waals surface area (Å²) in [5, 5.41) is 14.6. The average Bonchev–Trinajstić information content (AvgIpc) is 3.23. The maximum Gasteiger partial charge on any atom is 0.293 e. The number of hydrogen-bond acceptors (Lipinski definition) is 7. The van der Waals surface area contributed by atoms with Crippen LogP contribution in [0.2, 0.25) is 0 Å². The number of rotatable bonds is 8. The maximum atomic E-state index is 11.9. The first-order chi connectivity index (χ1) is 13.4. The minimum absolute atomic E-state index is 0.0596. The Morgan fingerprint density at radius 1 is 1.25 bits per heavy atom. The molecule has 0 bridgehead atoms. The summed E-state index contributed by atoms with van der Waals surface area (Å²) in [6.45, 7) is 2.29. The van der Waals surface area contributed by atoms with E-state index < -0.39 is 14.9 Å². The Kier molecular flexibility index (Phi) is 6.32. The van der Waals surface area contributed by atoms with Gasteiger partial charge in [0.2, 0.25) is 10.0 Å². The SMILES string of the molecule is CNS(=O)(=O)c1ccc(NC[C@@H](c2ccco2)N2CCCCC2)c([N+](=O)[O-])c1. The quantitative estimate of drug-likeness (QED) is 0.509. The Morgan fingerprint density at radius 3 is 2.61 bits per heavy atom. The highest BCUT2D eigenvalue weighted by atomic mass is 32.2. The minimum Gasteiger partial charge on any atom is -0.468 e. The first-order valence-electron chi connectivity index (χ1n) is 9.15. The Bertz CT molecular complexity index is 908. The third-order valence-electron chi connectivity index (χ3n) is 4.93. The molecule has 28 heavy (non-hydrogen) atoms. The van der Waals surface area contributed by atoms with E-state index in [0.717, 1.165) is 37.8 Å². The molecule has 1 fully saturated rings.